The minimum atomic E-state index is -1.25. The van der Waals surface area contributed by atoms with Crippen molar-refractivity contribution in [2.45, 2.75) is 38.8 Å². The Morgan fingerprint density at radius 3 is 2.21 bits per heavy atom. The number of carbonyl (C=O) groups excluding carboxylic acids is 3. The molecule has 0 saturated carbocycles. The van der Waals surface area contributed by atoms with Crippen molar-refractivity contribution in [3.8, 4) is 5.75 Å². The molecular weight excluding hydrogens is 558 g/mol. The second-order valence-corrected chi connectivity index (χ2v) is 9.78. The number of carbonyl (C=O) groups is 4. The number of ether oxygens (including phenoxy) is 2. The van der Waals surface area contributed by atoms with Gasteiger partial charge in [0.05, 0.1) is 17.5 Å². The summed E-state index contributed by atoms with van der Waals surface area (Å²) >= 11 is 3.45. The van der Waals surface area contributed by atoms with E-state index in [1.807, 2.05) is 31.2 Å². The molecule has 10 nitrogen and oxygen atoms in total. The Hall–Kier alpha value is -3.60. The van der Waals surface area contributed by atoms with E-state index in [2.05, 4.69) is 21.2 Å². The van der Waals surface area contributed by atoms with Gasteiger partial charge in [-0.2, -0.15) is 0 Å². The molecular formula is C27H32BrN3O7. The maximum Gasteiger partial charge on any atom is 0.408 e. The molecule has 2 aromatic rings. The Morgan fingerprint density at radius 2 is 1.61 bits per heavy atom. The van der Waals surface area contributed by atoms with Gasteiger partial charge in [-0.15, -0.1) is 0 Å². The Kier molecular flexibility index (Phi) is 11.0. The van der Waals surface area contributed by atoms with Gasteiger partial charge >= 0.3 is 12.1 Å². The first kappa shape index (κ1) is 29.0. The highest BCUT2D eigenvalue weighted by atomic mass is 79.9. The van der Waals surface area contributed by atoms with Gasteiger partial charge in [-0.3, -0.25) is 9.59 Å². The van der Waals surface area contributed by atoms with Crippen LogP contribution < -0.4 is 10.1 Å². The van der Waals surface area contributed by atoms with Crippen LogP contribution >= 0.6 is 15.9 Å². The van der Waals surface area contributed by atoms with Gasteiger partial charge < -0.3 is 29.7 Å². The number of piperazine rings is 1. The monoisotopic (exact) mass is 589 g/mol. The molecule has 38 heavy (non-hydrogen) atoms. The first-order chi connectivity index (χ1) is 18.2. The Morgan fingerprint density at radius 1 is 0.974 bits per heavy atom. The van der Waals surface area contributed by atoms with Crippen molar-refractivity contribution in [3.05, 3.63) is 64.1 Å². The molecule has 1 aliphatic heterocycles. The average Bonchev–Trinajstić information content (AvgIpc) is 2.91. The maximum absolute atomic E-state index is 12.6. The number of halogens is 1. The molecule has 0 spiro atoms. The van der Waals surface area contributed by atoms with Crippen LogP contribution in [0.5, 0.6) is 5.75 Å². The van der Waals surface area contributed by atoms with E-state index < -0.39 is 18.1 Å². The molecule has 0 radical (unpaired) electrons. The number of rotatable bonds is 11. The van der Waals surface area contributed by atoms with E-state index in [9.17, 15) is 24.3 Å². The Balaban J connectivity index is 1.36. The van der Waals surface area contributed by atoms with E-state index >= 15 is 0 Å². The molecule has 1 saturated heterocycles. The number of nitrogens with zero attached hydrogens (tertiary/aromatic N) is 2. The van der Waals surface area contributed by atoms with Crippen LogP contribution in [0, 0.1) is 6.92 Å². The second-order valence-electron chi connectivity index (χ2n) is 8.93. The predicted octanol–water partition coefficient (Wildman–Crippen LogP) is 3.36. The van der Waals surface area contributed by atoms with E-state index in [0.717, 1.165) is 15.6 Å². The highest BCUT2D eigenvalue weighted by Crippen LogP contribution is 2.25. The molecule has 11 heteroatoms. The third-order valence-electron chi connectivity index (χ3n) is 6.10. The third kappa shape index (κ3) is 9.05. The molecule has 3 rings (SSSR count). The summed E-state index contributed by atoms with van der Waals surface area (Å²) in [6, 6.07) is 13.5. The van der Waals surface area contributed by atoms with Crippen molar-refractivity contribution in [1.29, 1.82) is 0 Å². The zero-order valence-electron chi connectivity index (χ0n) is 21.2. The van der Waals surface area contributed by atoms with Gasteiger partial charge in [0.15, 0.2) is 0 Å². The number of amides is 3. The van der Waals surface area contributed by atoms with Crippen LogP contribution in [0.4, 0.5) is 4.79 Å². The first-order valence-corrected chi connectivity index (χ1v) is 13.2. The fraction of sp³-hybridized carbons (Fsp3) is 0.407. The number of benzene rings is 2. The van der Waals surface area contributed by atoms with Crippen molar-refractivity contribution in [2.24, 2.45) is 0 Å². The fourth-order valence-corrected chi connectivity index (χ4v) is 4.53. The van der Waals surface area contributed by atoms with Gasteiger partial charge in [-0.05, 0) is 52.5 Å². The minimum Gasteiger partial charge on any atom is -0.492 e. The molecule has 0 bridgehead atoms. The Bertz CT molecular complexity index is 1120. The van der Waals surface area contributed by atoms with Crippen LogP contribution in [0.25, 0.3) is 0 Å². The van der Waals surface area contributed by atoms with Crippen molar-refractivity contribution >= 4 is 39.8 Å². The Labute approximate surface area is 230 Å². The molecule has 2 aromatic carbocycles. The highest BCUT2D eigenvalue weighted by Gasteiger charge is 2.27. The summed E-state index contributed by atoms with van der Waals surface area (Å²) in [6.07, 6.45) is -0.761. The lowest BCUT2D eigenvalue weighted by Gasteiger charge is -2.35. The number of alkyl carbamates (subject to hydrolysis) is 1. The minimum absolute atomic E-state index is 0.0105. The van der Waals surface area contributed by atoms with Gasteiger partial charge in [-0.1, -0.05) is 36.4 Å². The second kappa shape index (κ2) is 14.4. The van der Waals surface area contributed by atoms with Crippen molar-refractivity contribution in [2.75, 3.05) is 32.8 Å². The van der Waals surface area contributed by atoms with Crippen LogP contribution in [0.1, 0.15) is 30.4 Å². The highest BCUT2D eigenvalue weighted by molar-refractivity contribution is 9.10. The average molecular weight is 590 g/mol. The molecule has 0 aromatic heterocycles. The van der Waals surface area contributed by atoms with Crippen LogP contribution in [0.2, 0.25) is 0 Å². The largest absolute Gasteiger partial charge is 0.492 e. The first-order valence-electron chi connectivity index (χ1n) is 12.4. The number of carboxylic acid groups (broad SMARTS) is 1. The summed E-state index contributed by atoms with van der Waals surface area (Å²) in [4.78, 5) is 52.1. The van der Waals surface area contributed by atoms with Crippen LogP contribution in [0.15, 0.2) is 53.0 Å². The zero-order chi connectivity index (χ0) is 27.5. The van der Waals surface area contributed by atoms with E-state index in [1.165, 1.54) is 0 Å². The SMILES string of the molecule is Cc1ccc(OCCC(=O)N2CCN(C(=O)CC[C@H](NC(=O)OCc3ccccc3)C(=O)O)CC2)c(Br)c1. The van der Waals surface area contributed by atoms with Gasteiger partial charge in [0.2, 0.25) is 11.8 Å². The van der Waals surface area contributed by atoms with E-state index in [0.29, 0.717) is 31.9 Å². The summed E-state index contributed by atoms with van der Waals surface area (Å²) in [5.74, 6) is -0.845. The van der Waals surface area contributed by atoms with E-state index in [4.69, 9.17) is 9.47 Å². The number of hydrogen-bond donors (Lipinski definition) is 2. The number of carboxylic acids is 1. The van der Waals surface area contributed by atoms with Crippen LogP contribution in [-0.4, -0.2) is 77.6 Å². The maximum atomic E-state index is 12.6. The predicted molar refractivity (Wildman–Crippen MR) is 143 cm³/mol. The van der Waals surface area contributed by atoms with Crippen molar-refractivity contribution in [3.63, 3.8) is 0 Å². The molecule has 1 heterocycles. The van der Waals surface area contributed by atoms with Crippen molar-refractivity contribution < 1.29 is 33.8 Å². The normalized spacial score (nSPS) is 13.9. The van der Waals surface area contributed by atoms with Crippen LogP contribution in [-0.2, 0) is 25.7 Å². The lowest BCUT2D eigenvalue weighted by Crippen LogP contribution is -2.51. The third-order valence-corrected chi connectivity index (χ3v) is 6.72. The summed E-state index contributed by atoms with van der Waals surface area (Å²) in [6.45, 7) is 3.75. The number of aliphatic carboxylic acids is 1. The summed E-state index contributed by atoms with van der Waals surface area (Å²) in [5, 5.41) is 11.8. The van der Waals surface area contributed by atoms with E-state index in [1.54, 1.807) is 34.1 Å². The number of aryl methyl sites for hydroxylation is 1. The molecule has 1 atom stereocenters. The van der Waals surface area contributed by atoms with Gasteiger partial charge in [0, 0.05) is 32.6 Å². The van der Waals surface area contributed by atoms with Gasteiger partial charge in [-0.25, -0.2) is 9.59 Å². The van der Waals surface area contributed by atoms with Crippen molar-refractivity contribution in [1.82, 2.24) is 15.1 Å². The van der Waals surface area contributed by atoms with Gasteiger partial charge in [0.25, 0.3) is 0 Å². The van der Waals surface area contributed by atoms with E-state index in [-0.39, 0.29) is 44.3 Å². The molecule has 3 amide bonds. The number of hydrogen-bond acceptors (Lipinski definition) is 6. The smallest absolute Gasteiger partial charge is 0.408 e. The molecule has 1 aliphatic rings. The molecule has 0 unspecified atom stereocenters. The summed E-state index contributed by atoms with van der Waals surface area (Å²) < 4.78 is 11.6. The van der Waals surface area contributed by atoms with Gasteiger partial charge in [0.1, 0.15) is 18.4 Å². The summed E-state index contributed by atoms with van der Waals surface area (Å²) in [7, 11) is 0. The zero-order valence-corrected chi connectivity index (χ0v) is 22.8. The lowest BCUT2D eigenvalue weighted by atomic mass is 10.1. The molecule has 204 valence electrons. The van der Waals surface area contributed by atoms with Crippen LogP contribution in [0.3, 0.4) is 0 Å². The fourth-order valence-electron chi connectivity index (χ4n) is 3.92. The lowest BCUT2D eigenvalue weighted by molar-refractivity contribution is -0.141. The quantitative estimate of drug-likeness (QED) is 0.411. The topological polar surface area (TPSA) is 125 Å². The molecule has 1 fully saturated rings. The number of nitrogens with one attached hydrogen (secondary N) is 1. The molecule has 0 aliphatic carbocycles. The summed E-state index contributed by atoms with van der Waals surface area (Å²) in [5.41, 5.74) is 1.87. The standard InChI is InChI=1S/C27H32BrN3O7/c1-19-7-9-23(21(28)17-19)37-16-11-25(33)31-14-12-30(13-15-31)24(32)10-8-22(26(34)35)29-27(36)38-18-20-5-3-2-4-6-20/h2-7,9,17,22H,8,10-16,18H2,1H3,(H,29,36)(H,34,35)/t22-/m0/s1. The molecule has 2 N–H and O–H groups in total.